The molecule has 1 N–H and O–H groups in total. The first-order valence-electron chi connectivity index (χ1n) is 6.38. The minimum absolute atomic E-state index is 0.205. The quantitative estimate of drug-likeness (QED) is 0.799. The highest BCUT2D eigenvalue weighted by molar-refractivity contribution is 6.28. The lowest BCUT2D eigenvalue weighted by molar-refractivity contribution is 0.752. The molecule has 20 heavy (non-hydrogen) atoms. The maximum absolute atomic E-state index is 5.87. The van der Waals surface area contributed by atoms with Gasteiger partial charge in [0.15, 0.2) is 0 Å². The Labute approximate surface area is 121 Å². The standard InChI is InChI=1S/C14H14ClN5/c1-9(2)12-11(17-10-6-4-3-5-7-10)8-16-14-18-13(15)19-20(12)14/h3-9,17H,1-2H3. The van der Waals surface area contributed by atoms with E-state index in [4.69, 9.17) is 11.6 Å². The summed E-state index contributed by atoms with van der Waals surface area (Å²) >= 11 is 5.87. The molecule has 3 rings (SSSR count). The van der Waals surface area contributed by atoms with E-state index >= 15 is 0 Å². The molecule has 0 aliphatic rings. The number of hydrogen-bond acceptors (Lipinski definition) is 4. The van der Waals surface area contributed by atoms with Crippen LogP contribution in [0.25, 0.3) is 5.78 Å². The second-order valence-corrected chi connectivity index (χ2v) is 5.13. The Hall–Kier alpha value is -2.14. The van der Waals surface area contributed by atoms with Crippen molar-refractivity contribution < 1.29 is 0 Å². The minimum Gasteiger partial charge on any atom is -0.353 e. The first-order chi connectivity index (χ1) is 9.65. The Morgan fingerprint density at radius 2 is 1.95 bits per heavy atom. The maximum atomic E-state index is 5.87. The van der Waals surface area contributed by atoms with Gasteiger partial charge in [-0.05, 0) is 29.7 Å². The monoisotopic (exact) mass is 287 g/mol. The van der Waals surface area contributed by atoms with Gasteiger partial charge in [0.1, 0.15) is 0 Å². The van der Waals surface area contributed by atoms with Crippen LogP contribution in [0.3, 0.4) is 0 Å². The lowest BCUT2D eigenvalue weighted by Gasteiger charge is -2.15. The van der Waals surface area contributed by atoms with Gasteiger partial charge >= 0.3 is 0 Å². The van der Waals surface area contributed by atoms with Crippen LogP contribution in [0, 0.1) is 0 Å². The summed E-state index contributed by atoms with van der Waals surface area (Å²) in [4.78, 5) is 8.37. The molecule has 0 fully saturated rings. The van der Waals surface area contributed by atoms with E-state index in [-0.39, 0.29) is 11.2 Å². The van der Waals surface area contributed by atoms with Crippen molar-refractivity contribution in [3.8, 4) is 0 Å². The van der Waals surface area contributed by atoms with Crippen molar-refractivity contribution in [2.24, 2.45) is 0 Å². The summed E-state index contributed by atoms with van der Waals surface area (Å²) in [6.45, 7) is 4.20. The average Bonchev–Trinajstić information content (AvgIpc) is 2.79. The predicted molar refractivity (Wildman–Crippen MR) is 79.6 cm³/mol. The Bertz CT molecular complexity index is 736. The maximum Gasteiger partial charge on any atom is 0.253 e. The van der Waals surface area contributed by atoms with Crippen LogP contribution in [-0.4, -0.2) is 19.6 Å². The van der Waals surface area contributed by atoms with Crippen LogP contribution in [-0.2, 0) is 0 Å². The SMILES string of the molecule is CC(C)c1c(Nc2ccccc2)cnc2nc(Cl)nn12. The Morgan fingerprint density at radius 3 is 2.65 bits per heavy atom. The number of para-hydroxylation sites is 1. The molecule has 0 atom stereocenters. The van der Waals surface area contributed by atoms with Crippen LogP contribution in [0.5, 0.6) is 0 Å². The first-order valence-corrected chi connectivity index (χ1v) is 6.76. The highest BCUT2D eigenvalue weighted by Crippen LogP contribution is 2.27. The molecule has 1 aromatic carbocycles. The van der Waals surface area contributed by atoms with Crippen LogP contribution in [0.15, 0.2) is 36.5 Å². The number of halogens is 1. The van der Waals surface area contributed by atoms with Crippen molar-refractivity contribution in [1.82, 2.24) is 19.6 Å². The van der Waals surface area contributed by atoms with Gasteiger partial charge in [0.2, 0.25) is 5.28 Å². The molecule has 2 aromatic heterocycles. The molecule has 5 nitrogen and oxygen atoms in total. The summed E-state index contributed by atoms with van der Waals surface area (Å²) < 4.78 is 1.69. The fraction of sp³-hybridized carbons (Fsp3) is 0.214. The topological polar surface area (TPSA) is 55.1 Å². The fourth-order valence-corrected chi connectivity index (χ4v) is 2.31. The molecule has 0 saturated carbocycles. The number of hydrogen-bond donors (Lipinski definition) is 1. The van der Waals surface area contributed by atoms with Crippen molar-refractivity contribution in [3.05, 3.63) is 47.5 Å². The third kappa shape index (κ3) is 2.32. The molecule has 0 aliphatic carbocycles. The Morgan fingerprint density at radius 1 is 1.20 bits per heavy atom. The molecular weight excluding hydrogens is 274 g/mol. The number of aromatic nitrogens is 4. The van der Waals surface area contributed by atoms with Gasteiger partial charge in [0.05, 0.1) is 17.6 Å². The Balaban J connectivity index is 2.12. The lowest BCUT2D eigenvalue weighted by atomic mass is 10.1. The van der Waals surface area contributed by atoms with Crippen LogP contribution in [0.4, 0.5) is 11.4 Å². The van der Waals surface area contributed by atoms with Gasteiger partial charge in [0, 0.05) is 5.69 Å². The Kier molecular flexibility index (Phi) is 3.28. The molecule has 0 bridgehead atoms. The number of nitrogens with one attached hydrogen (secondary N) is 1. The van der Waals surface area contributed by atoms with Crippen LogP contribution < -0.4 is 5.32 Å². The van der Waals surface area contributed by atoms with Gasteiger partial charge in [-0.15, -0.1) is 5.10 Å². The van der Waals surface area contributed by atoms with E-state index in [0.29, 0.717) is 5.78 Å². The summed E-state index contributed by atoms with van der Waals surface area (Å²) in [5, 5.41) is 7.77. The van der Waals surface area contributed by atoms with E-state index in [0.717, 1.165) is 17.1 Å². The molecule has 3 aromatic rings. The van der Waals surface area contributed by atoms with E-state index in [1.807, 2.05) is 30.3 Å². The zero-order valence-electron chi connectivity index (χ0n) is 11.2. The number of nitrogens with zero attached hydrogens (tertiary/aromatic N) is 4. The van der Waals surface area contributed by atoms with Crippen molar-refractivity contribution in [3.63, 3.8) is 0 Å². The molecule has 0 aliphatic heterocycles. The third-order valence-electron chi connectivity index (χ3n) is 2.98. The number of anilines is 2. The van der Waals surface area contributed by atoms with E-state index in [1.165, 1.54) is 0 Å². The number of benzene rings is 1. The van der Waals surface area contributed by atoms with Gasteiger partial charge in [-0.2, -0.15) is 9.50 Å². The summed E-state index contributed by atoms with van der Waals surface area (Å²) in [5.41, 5.74) is 2.90. The van der Waals surface area contributed by atoms with E-state index < -0.39 is 0 Å². The predicted octanol–water partition coefficient (Wildman–Crippen LogP) is 3.64. The third-order valence-corrected chi connectivity index (χ3v) is 3.14. The van der Waals surface area contributed by atoms with E-state index in [1.54, 1.807) is 10.7 Å². The molecule has 102 valence electrons. The molecule has 0 unspecified atom stereocenters. The molecule has 0 saturated heterocycles. The van der Waals surface area contributed by atoms with E-state index in [2.05, 4.69) is 34.2 Å². The van der Waals surface area contributed by atoms with Crippen LogP contribution in [0.1, 0.15) is 25.5 Å². The summed E-state index contributed by atoms with van der Waals surface area (Å²) in [7, 11) is 0. The van der Waals surface area contributed by atoms with Gasteiger partial charge in [0.25, 0.3) is 5.78 Å². The second-order valence-electron chi connectivity index (χ2n) is 4.80. The average molecular weight is 288 g/mol. The normalized spacial score (nSPS) is 11.2. The van der Waals surface area contributed by atoms with Crippen LogP contribution >= 0.6 is 11.6 Å². The van der Waals surface area contributed by atoms with Crippen molar-refractivity contribution in [2.45, 2.75) is 19.8 Å². The second kappa shape index (κ2) is 5.09. The van der Waals surface area contributed by atoms with Gasteiger partial charge in [-0.25, -0.2) is 4.98 Å². The molecule has 2 heterocycles. The zero-order chi connectivity index (χ0) is 14.1. The minimum atomic E-state index is 0.205. The molecule has 6 heteroatoms. The highest BCUT2D eigenvalue weighted by atomic mass is 35.5. The van der Waals surface area contributed by atoms with Gasteiger partial charge in [-0.1, -0.05) is 32.0 Å². The van der Waals surface area contributed by atoms with Crippen molar-refractivity contribution in [1.29, 1.82) is 0 Å². The molecule has 0 radical (unpaired) electrons. The van der Waals surface area contributed by atoms with Crippen LogP contribution in [0.2, 0.25) is 5.28 Å². The van der Waals surface area contributed by atoms with Gasteiger partial charge < -0.3 is 5.32 Å². The van der Waals surface area contributed by atoms with Gasteiger partial charge in [-0.3, -0.25) is 0 Å². The smallest absolute Gasteiger partial charge is 0.253 e. The number of rotatable bonds is 3. The summed E-state index contributed by atoms with van der Waals surface area (Å²) in [5.74, 6) is 0.766. The molecular formula is C14H14ClN5. The zero-order valence-corrected chi connectivity index (χ0v) is 12.0. The lowest BCUT2D eigenvalue weighted by Crippen LogP contribution is -2.07. The molecule has 0 amide bonds. The largest absolute Gasteiger partial charge is 0.353 e. The van der Waals surface area contributed by atoms with Crippen molar-refractivity contribution >= 4 is 28.8 Å². The fourth-order valence-electron chi connectivity index (χ4n) is 2.16. The first kappa shape index (κ1) is 12.9. The summed E-state index contributed by atoms with van der Waals surface area (Å²) in [6, 6.07) is 9.95. The summed E-state index contributed by atoms with van der Waals surface area (Å²) in [6.07, 6.45) is 1.77. The molecule has 0 spiro atoms. The van der Waals surface area contributed by atoms with E-state index in [9.17, 15) is 0 Å². The number of fused-ring (bicyclic) bond motifs is 1. The van der Waals surface area contributed by atoms with Crippen molar-refractivity contribution in [2.75, 3.05) is 5.32 Å². The highest BCUT2D eigenvalue weighted by Gasteiger charge is 2.15.